The van der Waals surface area contributed by atoms with Gasteiger partial charge in [-0.25, -0.2) is 5.16 Å². The zero-order valence-corrected chi connectivity index (χ0v) is 21.0. The third-order valence-electron chi connectivity index (χ3n) is 7.12. The maximum Gasteiger partial charge on any atom is 0.264 e. The molecule has 9 nitrogen and oxygen atoms in total. The van der Waals surface area contributed by atoms with Crippen molar-refractivity contribution in [2.45, 2.75) is 25.7 Å². The van der Waals surface area contributed by atoms with Gasteiger partial charge in [-0.1, -0.05) is 0 Å². The van der Waals surface area contributed by atoms with Gasteiger partial charge in [-0.05, 0) is 65.8 Å². The molecule has 0 saturated carbocycles. The van der Waals surface area contributed by atoms with E-state index in [-0.39, 0.29) is 30.5 Å². The van der Waals surface area contributed by atoms with Gasteiger partial charge in [0.2, 0.25) is 0 Å². The summed E-state index contributed by atoms with van der Waals surface area (Å²) in [7, 11) is -3.61. The molecule has 190 valence electrons. The number of H-pyrrole nitrogens is 1. The number of hydrogen-bond donors (Lipinski definition) is 2. The molecule has 0 spiro atoms. The van der Waals surface area contributed by atoms with Crippen molar-refractivity contribution in [3.05, 3.63) is 82.2 Å². The van der Waals surface area contributed by atoms with Gasteiger partial charge in [-0.2, -0.15) is 8.42 Å². The Morgan fingerprint density at radius 3 is 2.84 bits per heavy atom. The number of aliphatic hydroxyl groups is 1. The Bertz CT molecular complexity index is 1630. The van der Waals surface area contributed by atoms with Crippen molar-refractivity contribution in [2.24, 2.45) is 10.9 Å². The van der Waals surface area contributed by atoms with Crippen molar-refractivity contribution in [3.63, 3.8) is 0 Å². The van der Waals surface area contributed by atoms with Crippen LogP contribution < -0.4 is 0 Å². The predicted molar refractivity (Wildman–Crippen MR) is 137 cm³/mol. The number of Topliss-reactive ketones (excluding diaryl/α,β-unsaturated/α-hetero) is 1. The summed E-state index contributed by atoms with van der Waals surface area (Å²) >= 11 is 0. The first-order valence-corrected chi connectivity index (χ1v) is 13.9. The van der Waals surface area contributed by atoms with E-state index < -0.39 is 10.1 Å². The average Bonchev–Trinajstić information content (AvgIpc) is 3.22. The van der Waals surface area contributed by atoms with Crippen LogP contribution in [0.15, 0.2) is 58.2 Å². The van der Waals surface area contributed by atoms with E-state index in [2.05, 4.69) is 10.1 Å². The van der Waals surface area contributed by atoms with Crippen LogP contribution in [-0.4, -0.2) is 54.6 Å². The third-order valence-corrected chi connectivity index (χ3v) is 7.68. The Morgan fingerprint density at radius 1 is 1.14 bits per heavy atom. The van der Waals surface area contributed by atoms with Gasteiger partial charge in [-0.3, -0.25) is 19.0 Å². The molecule has 6 rings (SSSR count). The number of aliphatic imine (C=N–C) groups is 1. The van der Waals surface area contributed by atoms with Crippen LogP contribution in [0.3, 0.4) is 0 Å². The van der Waals surface area contributed by atoms with E-state index in [9.17, 15) is 18.3 Å². The monoisotopic (exact) mass is 519 g/mol. The number of aryl methyl sites for hydroxylation is 1. The van der Waals surface area contributed by atoms with E-state index in [4.69, 9.17) is 13.7 Å². The molecule has 1 atom stereocenters. The molecule has 0 saturated heterocycles. The van der Waals surface area contributed by atoms with Gasteiger partial charge in [0.15, 0.2) is 5.78 Å². The highest BCUT2D eigenvalue weighted by atomic mass is 32.2. The lowest BCUT2D eigenvalue weighted by Crippen LogP contribution is -2.28. The van der Waals surface area contributed by atoms with Crippen molar-refractivity contribution in [1.82, 2.24) is 10.1 Å². The highest BCUT2D eigenvalue weighted by Crippen LogP contribution is 2.41. The molecule has 1 aromatic rings. The largest absolute Gasteiger partial charge is 0.511 e. The van der Waals surface area contributed by atoms with Crippen LogP contribution in [0.4, 0.5) is 0 Å². The van der Waals surface area contributed by atoms with E-state index in [0.29, 0.717) is 42.6 Å². The number of aromatic nitrogens is 2. The van der Waals surface area contributed by atoms with Crippen LogP contribution in [0, 0.1) is 5.92 Å². The fourth-order valence-corrected chi connectivity index (χ4v) is 5.80. The average molecular weight is 520 g/mol. The number of carbonyl (C=O) groups excluding carboxylic acids is 1. The van der Waals surface area contributed by atoms with E-state index in [1.54, 1.807) is 18.5 Å². The number of nitrogens with zero attached hydrogens (tertiary/aromatic N) is 2. The Morgan fingerprint density at radius 2 is 2.00 bits per heavy atom. The number of aromatic amines is 1. The quantitative estimate of drug-likeness (QED) is 0.499. The molecule has 0 radical (unpaired) electrons. The molecule has 0 amide bonds. The van der Waals surface area contributed by atoms with Crippen LogP contribution in [0.25, 0.3) is 16.7 Å². The fraction of sp³-hybridized carbons (Fsp3) is 0.296. The molecule has 2 aliphatic heterocycles. The first-order chi connectivity index (χ1) is 17.8. The molecule has 1 aromatic heterocycles. The van der Waals surface area contributed by atoms with Crippen molar-refractivity contribution in [2.75, 3.05) is 19.4 Å². The van der Waals surface area contributed by atoms with Crippen molar-refractivity contribution in [3.8, 4) is 11.1 Å². The smallest absolute Gasteiger partial charge is 0.264 e. The molecule has 37 heavy (non-hydrogen) atoms. The van der Waals surface area contributed by atoms with Gasteiger partial charge in [0.1, 0.15) is 12.0 Å². The summed E-state index contributed by atoms with van der Waals surface area (Å²) in [5.74, 6) is -0.454. The van der Waals surface area contributed by atoms with Crippen LogP contribution in [0.2, 0.25) is 0 Å². The lowest BCUT2D eigenvalue weighted by atomic mass is 9.82. The second-order valence-electron chi connectivity index (χ2n) is 9.61. The summed E-state index contributed by atoms with van der Waals surface area (Å²) in [6, 6.07) is 7.65. The molecule has 5 aliphatic rings. The summed E-state index contributed by atoms with van der Waals surface area (Å²) in [6.45, 7) is 0.438. The Kier molecular flexibility index (Phi) is 5.73. The van der Waals surface area contributed by atoms with Gasteiger partial charge in [0, 0.05) is 52.8 Å². The lowest BCUT2D eigenvalue weighted by molar-refractivity contribution is 0.0976. The number of nitrogens with one attached hydrogen (secondary N) is 1. The van der Waals surface area contributed by atoms with Gasteiger partial charge < -0.3 is 9.63 Å². The standard InChI is InChI=1S/C27H25N3O6S/c1-37(33,34)36-14-17-3-2-16-9-20-22-13-28-12-18(22)10-19(16)26(17)29-6-4-15-5-7-35-30-27-21(8-15)23(31)11-24(32)25(20)27/h5,7-10,12-13,17,30,32H,2-4,6,11,14H2,1H3/t17-/m1/s1. The maximum atomic E-state index is 13.0. The van der Waals surface area contributed by atoms with E-state index >= 15 is 0 Å². The number of rotatable bonds is 3. The molecule has 2 N–H and O–H groups in total. The van der Waals surface area contributed by atoms with E-state index in [1.165, 1.54) is 6.26 Å². The van der Waals surface area contributed by atoms with Crippen LogP contribution in [-0.2, 0) is 27.1 Å². The van der Waals surface area contributed by atoms with Crippen LogP contribution in [0.5, 0.6) is 0 Å². The number of carbonyl (C=O) groups is 1. The molecule has 3 aliphatic carbocycles. The van der Waals surface area contributed by atoms with Crippen LogP contribution >= 0.6 is 0 Å². The SMILES string of the molecule is CS(=O)(=O)OC[C@H]1CCc2cc3c4cncc-4cc2C1=NCCc1cco[nH]c2c(c1)C(=O)CC(O)=C32. The van der Waals surface area contributed by atoms with Gasteiger partial charge in [-0.15, -0.1) is 0 Å². The van der Waals surface area contributed by atoms with Crippen LogP contribution in [0.1, 0.15) is 51.1 Å². The molecule has 0 aromatic carbocycles. The number of ketones is 1. The lowest BCUT2D eigenvalue weighted by Gasteiger charge is -2.26. The van der Waals surface area contributed by atoms with Gasteiger partial charge >= 0.3 is 0 Å². The Hall–Kier alpha value is -3.76. The maximum absolute atomic E-state index is 13.0. The molecule has 8 bridgehead atoms. The fourth-order valence-electron chi connectivity index (χ4n) is 5.39. The zero-order chi connectivity index (χ0) is 25.7. The molecule has 10 heteroatoms. The Balaban J connectivity index is 1.66. The molecule has 3 heterocycles. The molecular weight excluding hydrogens is 494 g/mol. The first-order valence-electron chi connectivity index (χ1n) is 12.1. The Labute approximate surface area is 213 Å². The highest BCUT2D eigenvalue weighted by molar-refractivity contribution is 7.85. The summed E-state index contributed by atoms with van der Waals surface area (Å²) in [6.07, 6.45) is 7.78. The number of aliphatic hydroxyl groups excluding tert-OH is 1. The first kappa shape index (κ1) is 23.6. The van der Waals surface area contributed by atoms with Crippen molar-refractivity contribution in [1.29, 1.82) is 0 Å². The summed E-state index contributed by atoms with van der Waals surface area (Å²) < 4.78 is 34.3. The minimum absolute atomic E-state index is 0.0155. The minimum Gasteiger partial charge on any atom is -0.511 e. The highest BCUT2D eigenvalue weighted by Gasteiger charge is 2.32. The number of fused-ring (bicyclic) bond motifs is 5. The predicted octanol–water partition coefficient (Wildman–Crippen LogP) is 4.02. The minimum atomic E-state index is -3.61. The van der Waals surface area contributed by atoms with Gasteiger partial charge in [0.25, 0.3) is 10.1 Å². The molecule has 0 unspecified atom stereocenters. The zero-order valence-electron chi connectivity index (χ0n) is 20.2. The second kappa shape index (κ2) is 8.97. The second-order valence-corrected chi connectivity index (χ2v) is 11.3. The van der Waals surface area contributed by atoms with Crippen molar-refractivity contribution >= 4 is 27.2 Å². The van der Waals surface area contributed by atoms with Crippen molar-refractivity contribution < 1.29 is 27.0 Å². The van der Waals surface area contributed by atoms with Gasteiger partial charge in [0.05, 0.1) is 25.0 Å². The molecule has 0 fully saturated rings. The van der Waals surface area contributed by atoms with E-state index in [0.717, 1.165) is 45.3 Å². The number of allylic oxidation sites excluding steroid dienone is 1. The number of hydrogen-bond acceptors (Lipinski definition) is 8. The summed E-state index contributed by atoms with van der Waals surface area (Å²) in [5, 5.41) is 14.0. The summed E-state index contributed by atoms with van der Waals surface area (Å²) in [4.78, 5) is 22.4. The third kappa shape index (κ3) is 4.36. The molecular formula is C27H25N3O6S. The topological polar surface area (TPSA) is 135 Å². The van der Waals surface area contributed by atoms with E-state index in [1.807, 2.05) is 18.2 Å². The summed E-state index contributed by atoms with van der Waals surface area (Å²) in [5.41, 5.74) is 7.28. The normalized spacial score (nSPS) is 18.8.